The van der Waals surface area contributed by atoms with Crippen molar-refractivity contribution < 1.29 is 4.74 Å². The van der Waals surface area contributed by atoms with Crippen molar-refractivity contribution in [2.24, 2.45) is 0 Å². The van der Waals surface area contributed by atoms with Gasteiger partial charge in [0.1, 0.15) is 11.5 Å². The number of ether oxygens (including phenoxy) is 1. The van der Waals surface area contributed by atoms with Crippen molar-refractivity contribution in [2.75, 3.05) is 0 Å². The van der Waals surface area contributed by atoms with Crippen molar-refractivity contribution in [1.82, 2.24) is 4.57 Å². The van der Waals surface area contributed by atoms with Crippen LogP contribution in [0.5, 0.6) is 11.5 Å². The van der Waals surface area contributed by atoms with Gasteiger partial charge in [0.05, 0.1) is 11.0 Å². The third-order valence-corrected chi connectivity index (χ3v) is 10.8. The number of aromatic nitrogens is 1. The van der Waals surface area contributed by atoms with Gasteiger partial charge in [0.25, 0.3) is 0 Å². The van der Waals surface area contributed by atoms with Crippen LogP contribution in [0.25, 0.3) is 49.7 Å². The highest BCUT2D eigenvalue weighted by Crippen LogP contribution is 2.48. The fourth-order valence-corrected chi connectivity index (χ4v) is 8.47. The van der Waals surface area contributed by atoms with E-state index in [0.29, 0.717) is 0 Å². The summed E-state index contributed by atoms with van der Waals surface area (Å²) in [6.45, 7) is 4.77. The zero-order chi connectivity index (χ0) is 32.0. The van der Waals surface area contributed by atoms with E-state index in [1.807, 2.05) is 0 Å². The predicted molar refractivity (Wildman–Crippen MR) is 201 cm³/mol. The zero-order valence-electron chi connectivity index (χ0n) is 26.9. The molecule has 2 aliphatic heterocycles. The molecule has 2 aliphatic rings. The first kappa shape index (κ1) is 27.3. The van der Waals surface area contributed by atoms with Crippen LogP contribution in [0.3, 0.4) is 0 Å². The van der Waals surface area contributed by atoms with E-state index in [1.54, 1.807) is 0 Å². The monoisotopic (exact) mass is 613 g/mol. The van der Waals surface area contributed by atoms with Gasteiger partial charge in [-0.25, -0.2) is 0 Å². The molecule has 0 saturated carbocycles. The van der Waals surface area contributed by atoms with Crippen LogP contribution in [-0.4, -0.2) is 11.3 Å². The predicted octanol–water partition coefficient (Wildman–Crippen LogP) is 9.38. The molecular weight excluding hydrogens is 581 g/mol. The van der Waals surface area contributed by atoms with Crippen LogP contribution >= 0.6 is 0 Å². The normalized spacial score (nSPS) is 13.9. The standard InChI is InChI=1S/C45H32BNO/c1-45(2)37-27-29(46-39-19-9-5-15-33(39)31-13-3-4-14-32(31)34-16-6-10-20-40(34)46)23-25-43(37)48-44-26-24-30(28-38(44)45)47-41-21-11-7-17-35(41)36-18-8-12-22-42(36)47/h3-28H,1-2H3. The quantitative estimate of drug-likeness (QED) is 0.177. The van der Waals surface area contributed by atoms with Gasteiger partial charge >= 0.3 is 0 Å². The second-order valence-corrected chi connectivity index (χ2v) is 13.7. The van der Waals surface area contributed by atoms with E-state index in [9.17, 15) is 0 Å². The summed E-state index contributed by atoms with van der Waals surface area (Å²) in [4.78, 5) is 0. The molecule has 0 radical (unpaired) electrons. The zero-order valence-corrected chi connectivity index (χ0v) is 26.9. The Morgan fingerprint density at radius 1 is 0.479 bits per heavy atom. The molecule has 2 nitrogen and oxygen atoms in total. The Balaban J connectivity index is 1.15. The Morgan fingerprint density at radius 3 is 1.56 bits per heavy atom. The molecule has 0 aliphatic carbocycles. The van der Waals surface area contributed by atoms with E-state index >= 15 is 0 Å². The lowest BCUT2D eigenvalue weighted by molar-refractivity contribution is 0.418. The molecule has 226 valence electrons. The van der Waals surface area contributed by atoms with Gasteiger partial charge in [-0.05, 0) is 58.7 Å². The average molecular weight is 614 g/mol. The van der Waals surface area contributed by atoms with Gasteiger partial charge in [-0.15, -0.1) is 0 Å². The number of hydrogen-bond acceptors (Lipinski definition) is 1. The molecule has 0 N–H and O–H groups in total. The molecule has 0 saturated heterocycles. The van der Waals surface area contributed by atoms with E-state index in [4.69, 9.17) is 4.74 Å². The first-order valence-electron chi connectivity index (χ1n) is 16.8. The van der Waals surface area contributed by atoms with Crippen LogP contribution in [0, 0.1) is 0 Å². The summed E-state index contributed by atoms with van der Waals surface area (Å²) in [5, 5.41) is 2.53. The molecule has 48 heavy (non-hydrogen) atoms. The number of nitrogens with zero attached hydrogens (tertiary/aromatic N) is 1. The van der Waals surface area contributed by atoms with Crippen LogP contribution < -0.4 is 21.1 Å². The lowest BCUT2D eigenvalue weighted by Gasteiger charge is -2.35. The average Bonchev–Trinajstić information content (AvgIpc) is 3.40. The number of hydrogen-bond donors (Lipinski definition) is 0. The van der Waals surface area contributed by atoms with Crippen molar-refractivity contribution >= 4 is 44.9 Å². The number of rotatable bonds is 2. The van der Waals surface area contributed by atoms with Gasteiger partial charge in [0.2, 0.25) is 6.71 Å². The third-order valence-electron chi connectivity index (χ3n) is 10.8. The molecule has 3 heterocycles. The molecule has 0 bridgehead atoms. The maximum atomic E-state index is 6.71. The summed E-state index contributed by atoms with van der Waals surface area (Å²) >= 11 is 0. The maximum absolute atomic E-state index is 6.71. The summed E-state index contributed by atoms with van der Waals surface area (Å²) in [7, 11) is 0. The van der Waals surface area contributed by atoms with E-state index in [-0.39, 0.29) is 12.1 Å². The minimum atomic E-state index is -0.291. The minimum absolute atomic E-state index is 0.0798. The van der Waals surface area contributed by atoms with Gasteiger partial charge < -0.3 is 9.30 Å². The van der Waals surface area contributed by atoms with Gasteiger partial charge in [0.15, 0.2) is 0 Å². The largest absolute Gasteiger partial charge is 0.457 e. The van der Waals surface area contributed by atoms with E-state index in [0.717, 1.165) is 17.2 Å². The molecule has 8 aromatic rings. The third kappa shape index (κ3) is 3.82. The highest BCUT2D eigenvalue weighted by atomic mass is 16.5. The van der Waals surface area contributed by atoms with Crippen LogP contribution in [-0.2, 0) is 5.41 Å². The van der Waals surface area contributed by atoms with Gasteiger partial charge in [-0.3, -0.25) is 0 Å². The van der Waals surface area contributed by atoms with E-state index in [2.05, 4.69) is 176 Å². The van der Waals surface area contributed by atoms with Crippen LogP contribution in [0.1, 0.15) is 25.0 Å². The van der Waals surface area contributed by atoms with Crippen molar-refractivity contribution in [3.8, 4) is 39.4 Å². The summed E-state index contributed by atoms with van der Waals surface area (Å²) in [5.41, 5.74) is 14.8. The van der Waals surface area contributed by atoms with Gasteiger partial charge in [0, 0.05) is 33.0 Å². The maximum Gasteiger partial charge on any atom is 0.242 e. The fraction of sp³-hybridized carbons (Fsp3) is 0.0667. The minimum Gasteiger partial charge on any atom is -0.457 e. The molecule has 7 aromatic carbocycles. The fourth-order valence-electron chi connectivity index (χ4n) is 8.47. The molecule has 10 rings (SSSR count). The highest BCUT2D eigenvalue weighted by Gasteiger charge is 2.37. The van der Waals surface area contributed by atoms with E-state index < -0.39 is 0 Å². The Hall–Kier alpha value is -5.80. The Morgan fingerprint density at radius 2 is 0.958 bits per heavy atom. The Bertz CT molecular complexity index is 2470. The SMILES string of the molecule is CC1(C)c2cc(B3c4ccccc4-c4ccccc4-c4ccccc43)ccc2Oc2ccc(-n3c4ccccc4c4ccccc43)cc21. The molecule has 0 fully saturated rings. The van der Waals surface area contributed by atoms with Crippen LogP contribution in [0.15, 0.2) is 158 Å². The van der Waals surface area contributed by atoms with Crippen molar-refractivity contribution in [3.63, 3.8) is 0 Å². The molecule has 0 unspecified atom stereocenters. The lowest BCUT2D eigenvalue weighted by Crippen LogP contribution is -2.53. The summed E-state index contributed by atoms with van der Waals surface area (Å²) < 4.78 is 9.10. The van der Waals surface area contributed by atoms with Crippen molar-refractivity contribution in [2.45, 2.75) is 19.3 Å². The molecule has 3 heteroatoms. The highest BCUT2D eigenvalue weighted by molar-refractivity contribution is 6.97. The Labute approximate surface area is 281 Å². The van der Waals surface area contributed by atoms with Crippen molar-refractivity contribution in [1.29, 1.82) is 0 Å². The Kier molecular flexibility index (Phi) is 5.75. The van der Waals surface area contributed by atoms with Crippen LogP contribution in [0.4, 0.5) is 0 Å². The van der Waals surface area contributed by atoms with E-state index in [1.165, 1.54) is 71.6 Å². The molecule has 1 aromatic heterocycles. The second kappa shape index (κ2) is 10.1. The molecule has 0 spiro atoms. The molecular formula is C45H32BNO. The lowest BCUT2D eigenvalue weighted by atomic mass is 9.35. The molecule has 0 amide bonds. The summed E-state index contributed by atoms with van der Waals surface area (Å²) in [5.74, 6) is 1.85. The number of para-hydroxylation sites is 2. The smallest absolute Gasteiger partial charge is 0.242 e. The van der Waals surface area contributed by atoms with Crippen LogP contribution in [0.2, 0.25) is 0 Å². The van der Waals surface area contributed by atoms with Gasteiger partial charge in [-0.2, -0.15) is 0 Å². The second-order valence-electron chi connectivity index (χ2n) is 13.7. The van der Waals surface area contributed by atoms with Gasteiger partial charge in [-0.1, -0.05) is 152 Å². The summed E-state index contributed by atoms with van der Waals surface area (Å²) in [6.07, 6.45) is 0. The number of benzene rings is 7. The first-order chi connectivity index (χ1) is 23.6. The topological polar surface area (TPSA) is 14.2 Å². The molecule has 0 atom stereocenters. The summed E-state index contributed by atoms with van der Waals surface area (Å²) in [6, 6.07) is 57.7. The number of fused-ring (bicyclic) bond motifs is 10. The first-order valence-corrected chi connectivity index (χ1v) is 16.8. The van der Waals surface area contributed by atoms with Crippen molar-refractivity contribution in [3.05, 3.63) is 169 Å².